The Morgan fingerprint density at radius 1 is 0.700 bits per heavy atom. The van der Waals surface area contributed by atoms with Gasteiger partial charge in [-0.15, -0.1) is 0 Å². The lowest BCUT2D eigenvalue weighted by Gasteiger charge is -2.19. The Bertz CT molecular complexity index is 1160. The van der Waals surface area contributed by atoms with E-state index < -0.39 is 0 Å². The molecular weight excluding hydrogens is 392 g/mol. The molecule has 0 fully saturated rings. The van der Waals surface area contributed by atoms with E-state index in [-0.39, 0.29) is 20.1 Å². The summed E-state index contributed by atoms with van der Waals surface area (Å²) in [5.41, 5.74) is 4.72. The van der Waals surface area contributed by atoms with Crippen molar-refractivity contribution in [1.82, 2.24) is 0 Å². The van der Waals surface area contributed by atoms with Gasteiger partial charge in [-0.1, -0.05) is 69.2 Å². The highest BCUT2D eigenvalue weighted by Crippen LogP contribution is 2.36. The van der Waals surface area contributed by atoms with Crippen molar-refractivity contribution in [1.29, 1.82) is 0 Å². The monoisotopic (exact) mass is 415 g/mol. The highest BCUT2D eigenvalue weighted by Gasteiger charge is 2.16. The zero-order chi connectivity index (χ0) is 21.1. The predicted molar refractivity (Wildman–Crippen MR) is 127 cm³/mol. The van der Waals surface area contributed by atoms with E-state index in [1.807, 2.05) is 79.7 Å². The van der Waals surface area contributed by atoms with Crippen LogP contribution < -0.4 is 15.5 Å². The summed E-state index contributed by atoms with van der Waals surface area (Å²) in [5.74, 6) is 0.00716. The summed E-state index contributed by atoms with van der Waals surface area (Å²) >= 11 is 0. The van der Waals surface area contributed by atoms with Crippen molar-refractivity contribution in [3.8, 4) is 28.0 Å². The summed E-state index contributed by atoms with van der Waals surface area (Å²) < 4.78 is 13.8. The van der Waals surface area contributed by atoms with Crippen molar-refractivity contribution in [2.24, 2.45) is 0 Å². The molecule has 4 aromatic carbocycles. The molecule has 1 unspecified atom stereocenters. The first-order valence-electron chi connectivity index (χ1n) is 9.74. The fourth-order valence-electron chi connectivity index (χ4n) is 3.49. The number of benzene rings is 4. The van der Waals surface area contributed by atoms with E-state index in [0.29, 0.717) is 0 Å². The van der Waals surface area contributed by atoms with Crippen LogP contribution in [0.25, 0.3) is 22.3 Å². The van der Waals surface area contributed by atoms with Gasteiger partial charge in [-0.3, -0.25) is 0 Å². The van der Waals surface area contributed by atoms with Crippen molar-refractivity contribution < 1.29 is 9.50 Å². The first kappa shape index (κ1) is 20.1. The van der Waals surface area contributed by atoms with Crippen LogP contribution in [0.2, 0.25) is 0 Å². The van der Waals surface area contributed by atoms with Crippen LogP contribution >= 0.6 is 8.58 Å². The SMILES string of the molecule is CN(C)c1cc(F)ccc1Pc1cc(-c2ccccc2)cc(-c2ccccc2)c1O. The van der Waals surface area contributed by atoms with Gasteiger partial charge in [-0.05, 0) is 47.0 Å². The molecule has 0 bridgehead atoms. The predicted octanol–water partition coefficient (Wildman–Crippen LogP) is 5.56. The maximum atomic E-state index is 13.8. The standard InChI is InChI=1S/C26H23FNOP/c1-28(2)23-17-21(27)13-14-24(23)30-25-16-20(18-9-5-3-6-10-18)15-22(26(25)29)19-11-7-4-8-12-19/h3-17,29-30H,1-2H3. The zero-order valence-electron chi connectivity index (χ0n) is 16.9. The van der Waals surface area contributed by atoms with Gasteiger partial charge in [0.25, 0.3) is 0 Å². The van der Waals surface area contributed by atoms with Crippen LogP contribution in [0.15, 0.2) is 91.0 Å². The third-order valence-electron chi connectivity index (χ3n) is 5.01. The van der Waals surface area contributed by atoms with Gasteiger partial charge in [-0.2, -0.15) is 0 Å². The van der Waals surface area contributed by atoms with E-state index in [2.05, 4.69) is 12.1 Å². The highest BCUT2D eigenvalue weighted by molar-refractivity contribution is 7.56. The van der Waals surface area contributed by atoms with Gasteiger partial charge in [-0.25, -0.2) is 4.39 Å². The van der Waals surface area contributed by atoms with Crippen LogP contribution in [-0.2, 0) is 0 Å². The minimum absolute atomic E-state index is 0.188. The molecule has 2 nitrogen and oxygen atoms in total. The lowest BCUT2D eigenvalue weighted by molar-refractivity contribution is 0.482. The molecule has 4 aromatic rings. The summed E-state index contributed by atoms with van der Waals surface area (Å²) in [6.07, 6.45) is 0. The van der Waals surface area contributed by atoms with Gasteiger partial charge < -0.3 is 10.0 Å². The largest absolute Gasteiger partial charge is 0.507 e. The van der Waals surface area contributed by atoms with Crippen LogP contribution in [-0.4, -0.2) is 19.2 Å². The van der Waals surface area contributed by atoms with E-state index in [0.717, 1.165) is 38.6 Å². The summed E-state index contributed by atoms with van der Waals surface area (Å²) in [6, 6.07) is 28.9. The smallest absolute Gasteiger partial charge is 0.131 e. The van der Waals surface area contributed by atoms with E-state index in [1.165, 1.54) is 6.07 Å². The Balaban J connectivity index is 1.87. The molecule has 0 amide bonds. The van der Waals surface area contributed by atoms with Crippen LogP contribution in [0.4, 0.5) is 10.1 Å². The number of halogens is 1. The highest BCUT2D eigenvalue weighted by atomic mass is 31.1. The van der Waals surface area contributed by atoms with Crippen molar-refractivity contribution >= 4 is 24.9 Å². The van der Waals surface area contributed by atoms with Gasteiger partial charge in [0.05, 0.1) is 0 Å². The fraction of sp³-hybridized carbons (Fsp3) is 0.0769. The first-order chi connectivity index (χ1) is 14.5. The Hall–Kier alpha value is -3.16. The third-order valence-corrected chi connectivity index (χ3v) is 6.36. The molecule has 0 aromatic heterocycles. The summed E-state index contributed by atoms with van der Waals surface area (Å²) in [6.45, 7) is 0. The van der Waals surface area contributed by atoms with Crippen molar-refractivity contribution in [3.05, 3.63) is 96.8 Å². The molecule has 0 aliphatic rings. The van der Waals surface area contributed by atoms with Crippen LogP contribution in [0, 0.1) is 5.82 Å². The Kier molecular flexibility index (Phi) is 5.83. The topological polar surface area (TPSA) is 23.5 Å². The molecule has 0 aliphatic heterocycles. The molecule has 0 saturated heterocycles. The van der Waals surface area contributed by atoms with Gasteiger partial charge >= 0.3 is 0 Å². The van der Waals surface area contributed by atoms with Crippen LogP contribution in [0.3, 0.4) is 0 Å². The molecule has 150 valence electrons. The summed E-state index contributed by atoms with van der Waals surface area (Å²) in [4.78, 5) is 1.90. The summed E-state index contributed by atoms with van der Waals surface area (Å²) in [7, 11) is 3.99. The molecule has 0 saturated carbocycles. The molecule has 4 rings (SSSR count). The Morgan fingerprint density at radius 2 is 1.33 bits per heavy atom. The van der Waals surface area contributed by atoms with E-state index in [4.69, 9.17) is 0 Å². The molecule has 0 spiro atoms. The van der Waals surface area contributed by atoms with Gasteiger partial charge in [0.2, 0.25) is 0 Å². The number of aromatic hydroxyl groups is 1. The Morgan fingerprint density at radius 3 is 1.97 bits per heavy atom. The average molecular weight is 415 g/mol. The number of anilines is 1. The number of hydrogen-bond donors (Lipinski definition) is 1. The van der Waals surface area contributed by atoms with Crippen molar-refractivity contribution in [2.75, 3.05) is 19.0 Å². The lowest BCUT2D eigenvalue weighted by Crippen LogP contribution is -2.18. The van der Waals surface area contributed by atoms with Crippen LogP contribution in [0.1, 0.15) is 0 Å². The number of phenols is 1. The minimum atomic E-state index is -0.264. The number of hydrogen-bond acceptors (Lipinski definition) is 2. The second-order valence-corrected chi connectivity index (χ2v) is 8.66. The number of phenolic OH excluding ortho intramolecular Hbond substituents is 1. The first-order valence-corrected chi connectivity index (χ1v) is 10.7. The van der Waals surface area contributed by atoms with E-state index in [1.54, 1.807) is 12.1 Å². The zero-order valence-corrected chi connectivity index (χ0v) is 17.9. The van der Waals surface area contributed by atoms with Crippen molar-refractivity contribution in [2.45, 2.75) is 0 Å². The molecule has 0 aliphatic carbocycles. The van der Waals surface area contributed by atoms with Gasteiger partial charge in [0, 0.05) is 36.0 Å². The lowest BCUT2D eigenvalue weighted by atomic mass is 9.98. The normalized spacial score (nSPS) is 11.2. The molecule has 0 heterocycles. The quantitative estimate of drug-likeness (QED) is 0.432. The van der Waals surface area contributed by atoms with E-state index >= 15 is 0 Å². The summed E-state index contributed by atoms with van der Waals surface area (Å²) in [5, 5.41) is 13.0. The maximum Gasteiger partial charge on any atom is 0.131 e. The third kappa shape index (κ3) is 4.22. The molecule has 30 heavy (non-hydrogen) atoms. The molecule has 4 heteroatoms. The number of rotatable bonds is 5. The second kappa shape index (κ2) is 8.69. The number of nitrogens with zero attached hydrogens (tertiary/aromatic N) is 1. The maximum absolute atomic E-state index is 13.8. The minimum Gasteiger partial charge on any atom is -0.507 e. The average Bonchev–Trinajstić information content (AvgIpc) is 2.77. The molecule has 0 radical (unpaired) electrons. The van der Waals surface area contributed by atoms with Crippen LogP contribution in [0.5, 0.6) is 5.75 Å². The van der Waals surface area contributed by atoms with Crippen molar-refractivity contribution in [3.63, 3.8) is 0 Å². The molecular formula is C26H23FNOP. The Labute approximate surface area is 178 Å². The fourth-order valence-corrected chi connectivity index (χ4v) is 4.85. The second-order valence-electron chi connectivity index (χ2n) is 7.33. The van der Waals surface area contributed by atoms with E-state index in [9.17, 15) is 9.50 Å². The van der Waals surface area contributed by atoms with Gasteiger partial charge in [0.1, 0.15) is 11.6 Å². The molecule has 1 N–H and O–H groups in total. The molecule has 1 atom stereocenters. The van der Waals surface area contributed by atoms with Gasteiger partial charge in [0.15, 0.2) is 0 Å².